The molecule has 4 nitrogen and oxygen atoms in total. The minimum absolute atomic E-state index is 0.172. The van der Waals surface area contributed by atoms with Crippen LogP contribution < -0.4 is 5.69 Å². The number of aromatic nitrogens is 2. The Kier molecular flexibility index (Phi) is 4.33. The fourth-order valence-electron chi connectivity index (χ4n) is 2.67. The number of benzene rings is 1. The van der Waals surface area contributed by atoms with Gasteiger partial charge < -0.3 is 14.7 Å². The van der Waals surface area contributed by atoms with Crippen LogP contribution >= 0.6 is 31.9 Å². The third kappa shape index (κ3) is 3.02. The molecule has 0 spiro atoms. The third-order valence-electron chi connectivity index (χ3n) is 3.74. The number of ether oxygens (including phenoxy) is 1. The number of nitrogens with one attached hydrogen (secondary N) is 2. The molecule has 0 saturated carbocycles. The van der Waals surface area contributed by atoms with E-state index >= 15 is 0 Å². The zero-order valence-corrected chi connectivity index (χ0v) is 14.1. The van der Waals surface area contributed by atoms with Gasteiger partial charge in [-0.3, -0.25) is 0 Å². The van der Waals surface area contributed by atoms with Gasteiger partial charge in [-0.1, -0.05) is 31.9 Å². The number of H-pyrrole nitrogens is 2. The fourth-order valence-corrected chi connectivity index (χ4v) is 4.24. The van der Waals surface area contributed by atoms with E-state index < -0.39 is 0 Å². The van der Waals surface area contributed by atoms with Crippen molar-refractivity contribution in [2.75, 3.05) is 6.61 Å². The van der Waals surface area contributed by atoms with Gasteiger partial charge >= 0.3 is 5.69 Å². The van der Waals surface area contributed by atoms with Crippen LogP contribution in [0, 0.1) is 0 Å². The van der Waals surface area contributed by atoms with Crippen LogP contribution in [-0.4, -0.2) is 22.7 Å². The summed E-state index contributed by atoms with van der Waals surface area (Å²) in [6, 6.07) is 3.97. The first-order valence-corrected chi connectivity index (χ1v) is 8.51. The van der Waals surface area contributed by atoms with E-state index in [0.717, 1.165) is 40.5 Å². The van der Waals surface area contributed by atoms with Gasteiger partial charge in [0.2, 0.25) is 0 Å². The highest BCUT2D eigenvalue weighted by Gasteiger charge is 2.19. The van der Waals surface area contributed by atoms with Crippen molar-refractivity contribution in [1.82, 2.24) is 9.97 Å². The van der Waals surface area contributed by atoms with Crippen LogP contribution in [0.25, 0.3) is 11.0 Å². The Morgan fingerprint density at radius 3 is 2.80 bits per heavy atom. The van der Waals surface area contributed by atoms with Crippen LogP contribution in [0.1, 0.15) is 36.1 Å². The molecule has 1 aromatic carbocycles. The summed E-state index contributed by atoms with van der Waals surface area (Å²) in [7, 11) is 0. The molecule has 0 aliphatic carbocycles. The highest BCUT2D eigenvalue weighted by atomic mass is 79.9. The molecule has 0 bridgehead atoms. The van der Waals surface area contributed by atoms with Gasteiger partial charge in [0.15, 0.2) is 0 Å². The maximum absolute atomic E-state index is 11.3. The maximum Gasteiger partial charge on any atom is 0.323 e. The van der Waals surface area contributed by atoms with E-state index in [9.17, 15) is 4.79 Å². The van der Waals surface area contributed by atoms with Crippen LogP contribution in [0.3, 0.4) is 0 Å². The molecule has 2 unspecified atom stereocenters. The molecule has 1 saturated heterocycles. The van der Waals surface area contributed by atoms with Crippen LogP contribution in [0.4, 0.5) is 0 Å². The van der Waals surface area contributed by atoms with Gasteiger partial charge in [0.05, 0.1) is 17.1 Å². The highest BCUT2D eigenvalue weighted by Crippen LogP contribution is 2.36. The Labute approximate surface area is 133 Å². The SMILES string of the molecule is O=c1[nH]c2cc(Br)c(C(Br)CCC3CCCO3)cc2[nH]1. The van der Waals surface area contributed by atoms with Crippen molar-refractivity contribution in [3.05, 3.63) is 32.7 Å². The van der Waals surface area contributed by atoms with E-state index in [-0.39, 0.29) is 10.5 Å². The minimum Gasteiger partial charge on any atom is -0.378 e. The molecule has 2 aromatic rings. The average Bonchev–Trinajstić information content (AvgIpc) is 3.03. The van der Waals surface area contributed by atoms with Crippen LogP contribution in [-0.2, 0) is 4.74 Å². The standard InChI is InChI=1S/C14H16Br2N2O2/c15-10(4-3-8-2-1-5-20-8)9-6-12-13(7-11(9)16)18-14(19)17-12/h6-8,10H,1-5H2,(H2,17,18,19). The first-order valence-electron chi connectivity index (χ1n) is 6.80. The summed E-state index contributed by atoms with van der Waals surface area (Å²) >= 11 is 7.33. The van der Waals surface area contributed by atoms with E-state index in [4.69, 9.17) is 4.74 Å². The van der Waals surface area contributed by atoms with Crippen molar-refractivity contribution >= 4 is 42.9 Å². The smallest absolute Gasteiger partial charge is 0.323 e. The van der Waals surface area contributed by atoms with Crippen molar-refractivity contribution in [3.63, 3.8) is 0 Å². The molecule has 2 atom stereocenters. The summed E-state index contributed by atoms with van der Waals surface area (Å²) in [6.07, 6.45) is 4.83. The molecule has 2 heterocycles. The molecule has 6 heteroatoms. The van der Waals surface area contributed by atoms with Crippen LogP contribution in [0.5, 0.6) is 0 Å². The molecular weight excluding hydrogens is 388 g/mol. The molecule has 1 fully saturated rings. The highest BCUT2D eigenvalue weighted by molar-refractivity contribution is 9.11. The largest absolute Gasteiger partial charge is 0.378 e. The third-order valence-corrected chi connectivity index (χ3v) is 5.37. The number of fused-ring (bicyclic) bond motifs is 1. The van der Waals surface area contributed by atoms with Crippen LogP contribution in [0.15, 0.2) is 21.4 Å². The lowest BCUT2D eigenvalue weighted by Gasteiger charge is -2.15. The van der Waals surface area contributed by atoms with Crippen LogP contribution in [0.2, 0.25) is 0 Å². The fraction of sp³-hybridized carbons (Fsp3) is 0.500. The van der Waals surface area contributed by atoms with Gasteiger partial charge in [0.1, 0.15) is 0 Å². The Hall–Kier alpha value is -0.590. The van der Waals surface area contributed by atoms with E-state index in [1.54, 1.807) is 0 Å². The second-order valence-corrected chi connectivity index (χ2v) is 7.14. The second-order valence-electron chi connectivity index (χ2n) is 5.18. The van der Waals surface area contributed by atoms with Gasteiger partial charge in [-0.15, -0.1) is 0 Å². The first-order chi connectivity index (χ1) is 9.63. The molecule has 1 aromatic heterocycles. The summed E-state index contributed by atoms with van der Waals surface area (Å²) < 4.78 is 6.67. The number of alkyl halides is 1. The molecule has 20 heavy (non-hydrogen) atoms. The molecule has 2 N–H and O–H groups in total. The van der Waals surface area contributed by atoms with Gasteiger partial charge in [-0.05, 0) is 43.4 Å². The molecule has 0 amide bonds. The van der Waals surface area contributed by atoms with E-state index in [2.05, 4.69) is 41.8 Å². The summed E-state index contributed by atoms with van der Waals surface area (Å²) in [5.74, 6) is 0. The van der Waals surface area contributed by atoms with Gasteiger partial charge in [0, 0.05) is 15.9 Å². The number of hydrogen-bond acceptors (Lipinski definition) is 2. The van der Waals surface area contributed by atoms with E-state index in [1.165, 1.54) is 12.8 Å². The van der Waals surface area contributed by atoms with Crippen molar-refractivity contribution in [2.45, 2.75) is 36.6 Å². The number of hydrogen-bond donors (Lipinski definition) is 2. The predicted molar refractivity (Wildman–Crippen MR) is 86.5 cm³/mol. The monoisotopic (exact) mass is 402 g/mol. The molecule has 3 rings (SSSR count). The topological polar surface area (TPSA) is 57.9 Å². The predicted octanol–water partition coefficient (Wildman–Crippen LogP) is 4.01. The number of rotatable bonds is 4. The zero-order valence-electron chi connectivity index (χ0n) is 10.9. The zero-order chi connectivity index (χ0) is 14.1. The van der Waals surface area contributed by atoms with Crippen molar-refractivity contribution in [3.8, 4) is 0 Å². The van der Waals surface area contributed by atoms with Gasteiger partial charge in [-0.2, -0.15) is 0 Å². The Balaban J connectivity index is 1.77. The van der Waals surface area contributed by atoms with Crippen molar-refractivity contribution in [1.29, 1.82) is 0 Å². The average molecular weight is 404 g/mol. The summed E-state index contributed by atoms with van der Waals surface area (Å²) in [5, 5.41) is 0. The molecular formula is C14H16Br2N2O2. The number of imidazole rings is 1. The summed E-state index contributed by atoms with van der Waals surface area (Å²) in [4.78, 5) is 17.1. The maximum atomic E-state index is 11.3. The van der Waals surface area contributed by atoms with E-state index in [1.807, 2.05) is 12.1 Å². The Morgan fingerprint density at radius 2 is 2.10 bits per heavy atom. The lowest BCUT2D eigenvalue weighted by Crippen LogP contribution is -2.06. The van der Waals surface area contributed by atoms with Crippen molar-refractivity contribution < 1.29 is 4.74 Å². The molecule has 1 aliphatic heterocycles. The number of aromatic amines is 2. The lowest BCUT2D eigenvalue weighted by atomic mass is 10.0. The van der Waals surface area contributed by atoms with Gasteiger partial charge in [0.25, 0.3) is 0 Å². The van der Waals surface area contributed by atoms with E-state index in [0.29, 0.717) is 6.10 Å². The molecule has 1 aliphatic rings. The number of halogens is 2. The normalized spacial score (nSPS) is 20.6. The van der Waals surface area contributed by atoms with Crippen molar-refractivity contribution in [2.24, 2.45) is 0 Å². The minimum atomic E-state index is -0.172. The molecule has 108 valence electrons. The van der Waals surface area contributed by atoms with Gasteiger partial charge in [-0.25, -0.2) is 4.79 Å². The first kappa shape index (κ1) is 14.4. The summed E-state index contributed by atoms with van der Waals surface area (Å²) in [6.45, 7) is 0.901. The summed E-state index contributed by atoms with van der Waals surface area (Å²) in [5.41, 5.74) is 2.65. The second kappa shape index (κ2) is 6.03. The quantitative estimate of drug-likeness (QED) is 0.757. The lowest BCUT2D eigenvalue weighted by molar-refractivity contribution is 0.102. The Morgan fingerprint density at radius 1 is 1.35 bits per heavy atom. The molecule has 0 radical (unpaired) electrons. The Bertz CT molecular complexity index is 659.